The van der Waals surface area contributed by atoms with E-state index in [-0.39, 0.29) is 42.3 Å². The minimum absolute atomic E-state index is 0.0971. The van der Waals surface area contributed by atoms with Gasteiger partial charge < -0.3 is 24.6 Å². The first-order valence-electron chi connectivity index (χ1n) is 16.5. The highest BCUT2D eigenvalue weighted by Gasteiger charge is 2.34. The van der Waals surface area contributed by atoms with Crippen molar-refractivity contribution in [3.8, 4) is 0 Å². The Morgan fingerprint density at radius 1 is 1.08 bits per heavy atom. The maximum atomic E-state index is 16.2. The topological polar surface area (TPSA) is 142 Å². The van der Waals surface area contributed by atoms with Crippen LogP contribution in [0.25, 0.3) is 10.9 Å². The summed E-state index contributed by atoms with van der Waals surface area (Å²) in [6.45, 7) is 5.72. The molecule has 1 aliphatic heterocycles. The Morgan fingerprint density at radius 2 is 1.84 bits per heavy atom. The van der Waals surface area contributed by atoms with Crippen molar-refractivity contribution in [1.82, 2.24) is 19.0 Å². The molecule has 2 aliphatic rings. The number of fused-ring (bicyclic) bond motifs is 1. The van der Waals surface area contributed by atoms with Gasteiger partial charge in [-0.25, -0.2) is 18.4 Å². The van der Waals surface area contributed by atoms with Crippen LogP contribution in [-0.2, 0) is 17.7 Å². The molecule has 2 aromatic carbocycles. The molecule has 0 amide bonds. The second kappa shape index (κ2) is 14.0. The van der Waals surface area contributed by atoms with E-state index in [4.69, 9.17) is 4.74 Å². The number of H-pyrrole nitrogens is 1. The Kier molecular flexibility index (Phi) is 9.70. The van der Waals surface area contributed by atoms with E-state index in [2.05, 4.69) is 17.2 Å². The normalized spacial score (nSPS) is 16.8. The third kappa shape index (κ3) is 6.88. The van der Waals surface area contributed by atoms with Crippen LogP contribution in [0.5, 0.6) is 0 Å². The highest BCUT2D eigenvalue weighted by Crippen LogP contribution is 2.40. The molecule has 49 heavy (non-hydrogen) atoms. The lowest BCUT2D eigenvalue weighted by Crippen LogP contribution is -2.54. The Morgan fingerprint density at radius 3 is 2.51 bits per heavy atom. The van der Waals surface area contributed by atoms with Crippen LogP contribution in [0.15, 0.2) is 50.9 Å². The van der Waals surface area contributed by atoms with E-state index in [1.54, 1.807) is 4.90 Å². The van der Waals surface area contributed by atoms with Gasteiger partial charge in [-0.3, -0.25) is 24.0 Å². The van der Waals surface area contributed by atoms with E-state index in [9.17, 15) is 24.3 Å². The van der Waals surface area contributed by atoms with Gasteiger partial charge in [0.1, 0.15) is 29.1 Å². The number of halogens is 2. The lowest BCUT2D eigenvalue weighted by Gasteiger charge is -2.41. The molecule has 260 valence electrons. The highest BCUT2D eigenvalue weighted by atomic mass is 19.1. The van der Waals surface area contributed by atoms with Crippen LogP contribution in [0, 0.1) is 18.6 Å². The summed E-state index contributed by atoms with van der Waals surface area (Å²) in [6, 6.07) is 8.02. The molecular formula is C35H40F2N6O6. The van der Waals surface area contributed by atoms with Gasteiger partial charge in [0.15, 0.2) is 5.82 Å². The molecule has 3 heterocycles. The van der Waals surface area contributed by atoms with Crippen molar-refractivity contribution in [2.75, 3.05) is 43.5 Å². The number of carbonyl (C=O) groups is 1. The van der Waals surface area contributed by atoms with Gasteiger partial charge >= 0.3 is 11.7 Å². The summed E-state index contributed by atoms with van der Waals surface area (Å²) >= 11 is 0. The van der Waals surface area contributed by atoms with E-state index < -0.39 is 46.1 Å². The van der Waals surface area contributed by atoms with Crippen molar-refractivity contribution in [2.45, 2.75) is 64.8 Å². The lowest BCUT2D eigenvalue weighted by molar-refractivity contribution is -0.0384. The molecule has 1 atom stereocenters. The van der Waals surface area contributed by atoms with E-state index in [0.717, 1.165) is 28.9 Å². The molecule has 1 aliphatic carbocycles. The standard InChI is InChI=1S/C35H40F2N6O6/c1-4-21-15-22(8-7-20(21)2)38-27-17-28(44)42(35(48)39-27)12-6-5-11-40-13-14-41(19-29(40)49-3)32-26(36)16-24-31(30(32)37)43(23-9-10-23)18-25(33(24)45)34(46)47/h7-8,15-18,23,29,38H,4-6,9-14,19H2,1-3H3,(H,39,48)(H,46,47). The molecule has 3 N–H and O–H groups in total. The van der Waals surface area contributed by atoms with Crippen LogP contribution in [0.4, 0.5) is 26.0 Å². The zero-order chi connectivity index (χ0) is 35.0. The number of piperazine rings is 1. The van der Waals surface area contributed by atoms with Gasteiger partial charge in [0.05, 0.1) is 17.4 Å². The number of carboxylic acid groups (broad SMARTS) is 1. The Balaban J connectivity index is 1.10. The number of unbranched alkanes of at least 4 members (excludes halogenated alkanes) is 1. The fourth-order valence-corrected chi connectivity index (χ4v) is 6.66. The van der Waals surface area contributed by atoms with Crippen molar-refractivity contribution < 1.29 is 23.4 Å². The first-order valence-corrected chi connectivity index (χ1v) is 16.5. The van der Waals surface area contributed by atoms with Gasteiger partial charge in [0.2, 0.25) is 5.43 Å². The van der Waals surface area contributed by atoms with Crippen LogP contribution in [0.3, 0.4) is 0 Å². The quantitative estimate of drug-likeness (QED) is 0.187. The first kappa shape index (κ1) is 34.1. The number of methoxy groups -OCH3 is 1. The first-order chi connectivity index (χ1) is 23.5. The number of aromatic amines is 1. The zero-order valence-electron chi connectivity index (χ0n) is 27.7. The highest BCUT2D eigenvalue weighted by molar-refractivity contribution is 5.94. The summed E-state index contributed by atoms with van der Waals surface area (Å²) in [6.07, 6.45) is 4.09. The summed E-state index contributed by atoms with van der Waals surface area (Å²) in [5.74, 6) is -2.98. The molecule has 2 fully saturated rings. The fraction of sp³-hybridized carbons (Fsp3) is 0.429. The van der Waals surface area contributed by atoms with Crippen LogP contribution in [0.2, 0.25) is 0 Å². The fourth-order valence-electron chi connectivity index (χ4n) is 6.66. The van der Waals surface area contributed by atoms with Crippen LogP contribution >= 0.6 is 0 Å². The second-order valence-corrected chi connectivity index (χ2v) is 12.7. The van der Waals surface area contributed by atoms with Crippen molar-refractivity contribution in [3.63, 3.8) is 0 Å². The van der Waals surface area contributed by atoms with Crippen LogP contribution in [0.1, 0.15) is 60.1 Å². The number of aromatic carboxylic acids is 1. The average molecular weight is 679 g/mol. The Labute approximate surface area is 280 Å². The second-order valence-electron chi connectivity index (χ2n) is 12.7. The Bertz CT molecular complexity index is 2060. The molecular weight excluding hydrogens is 638 g/mol. The van der Waals surface area contributed by atoms with Gasteiger partial charge in [-0.05, 0) is 68.4 Å². The zero-order valence-corrected chi connectivity index (χ0v) is 27.7. The summed E-state index contributed by atoms with van der Waals surface area (Å²) in [5, 5.41) is 12.3. The summed E-state index contributed by atoms with van der Waals surface area (Å²) in [5.41, 5.74) is 0.375. The molecule has 12 nitrogen and oxygen atoms in total. The van der Waals surface area contributed by atoms with Crippen molar-refractivity contribution in [2.24, 2.45) is 0 Å². The molecule has 0 spiro atoms. The molecule has 14 heteroatoms. The number of ether oxygens (including phenoxy) is 1. The molecule has 1 saturated carbocycles. The number of carboxylic acids is 1. The number of benzene rings is 2. The van der Waals surface area contributed by atoms with E-state index in [1.807, 2.05) is 30.0 Å². The maximum Gasteiger partial charge on any atom is 0.341 e. The van der Waals surface area contributed by atoms with E-state index in [0.29, 0.717) is 44.6 Å². The van der Waals surface area contributed by atoms with E-state index >= 15 is 8.78 Å². The minimum atomic E-state index is -1.45. The SMILES string of the molecule is CCc1cc(Nc2cc(=O)n(CCCCN3CCN(c4c(F)cc5c(=O)c(C(=O)O)cn(C6CC6)c5c4F)CC3OC)c(=O)[nH]2)ccc1C. The molecule has 1 saturated heterocycles. The predicted molar refractivity (Wildman–Crippen MR) is 182 cm³/mol. The summed E-state index contributed by atoms with van der Waals surface area (Å²) in [4.78, 5) is 56.5. The van der Waals surface area contributed by atoms with Gasteiger partial charge in [-0.1, -0.05) is 13.0 Å². The molecule has 2 aromatic heterocycles. The van der Waals surface area contributed by atoms with Gasteiger partial charge in [-0.15, -0.1) is 0 Å². The summed E-state index contributed by atoms with van der Waals surface area (Å²) in [7, 11) is 1.51. The predicted octanol–water partition coefficient (Wildman–Crippen LogP) is 4.35. The molecule has 1 unspecified atom stereocenters. The van der Waals surface area contributed by atoms with E-state index in [1.165, 1.54) is 28.9 Å². The largest absolute Gasteiger partial charge is 0.477 e. The van der Waals surface area contributed by atoms with Crippen molar-refractivity contribution in [3.05, 3.63) is 95.9 Å². The van der Waals surface area contributed by atoms with Crippen LogP contribution < -0.4 is 26.9 Å². The van der Waals surface area contributed by atoms with Gasteiger partial charge in [-0.2, -0.15) is 0 Å². The Hall–Kier alpha value is -4.82. The van der Waals surface area contributed by atoms with Gasteiger partial charge in [0.25, 0.3) is 5.56 Å². The minimum Gasteiger partial charge on any atom is -0.477 e. The molecule has 0 bridgehead atoms. The molecule has 4 aromatic rings. The molecule has 0 radical (unpaired) electrons. The third-order valence-electron chi connectivity index (χ3n) is 9.49. The number of aryl methyl sites for hydroxylation is 2. The average Bonchev–Trinajstić information content (AvgIpc) is 3.91. The van der Waals surface area contributed by atoms with Crippen molar-refractivity contribution >= 4 is 34.1 Å². The number of nitrogens with zero attached hydrogens (tertiary/aromatic N) is 4. The lowest BCUT2D eigenvalue weighted by atomic mass is 10.1. The monoisotopic (exact) mass is 678 g/mol. The number of aromatic nitrogens is 3. The number of pyridine rings is 1. The van der Waals surface area contributed by atoms with Crippen LogP contribution in [-0.4, -0.2) is 69.6 Å². The van der Waals surface area contributed by atoms with Gasteiger partial charge in [0, 0.05) is 57.3 Å². The maximum absolute atomic E-state index is 16.2. The van der Waals surface area contributed by atoms with Crippen molar-refractivity contribution in [1.29, 1.82) is 0 Å². The molecule has 6 rings (SSSR count). The number of rotatable bonds is 12. The number of hydrogen-bond acceptors (Lipinski definition) is 8. The smallest absolute Gasteiger partial charge is 0.341 e. The number of anilines is 3. The summed E-state index contributed by atoms with van der Waals surface area (Å²) < 4.78 is 40.0. The number of hydrogen-bond donors (Lipinski definition) is 3. The third-order valence-corrected chi connectivity index (χ3v) is 9.49. The number of nitrogens with one attached hydrogen (secondary N) is 2.